The fraction of sp³-hybridized carbons (Fsp3) is 0.480. The van der Waals surface area contributed by atoms with E-state index in [9.17, 15) is 14.7 Å². The first-order valence-corrected chi connectivity index (χ1v) is 11.2. The van der Waals surface area contributed by atoms with Crippen LogP contribution in [-0.4, -0.2) is 53.7 Å². The van der Waals surface area contributed by atoms with Crippen molar-refractivity contribution in [1.82, 2.24) is 10.3 Å². The number of para-hydroxylation sites is 1. The number of carbonyl (C=O) groups excluding carboxylic acids is 2. The fourth-order valence-electron chi connectivity index (χ4n) is 3.30. The minimum atomic E-state index is -1.33. The third-order valence-electron chi connectivity index (χ3n) is 5.26. The number of rotatable bonds is 14. The SMILES string of the molecule is CCCCC[C@@H](OC[C@@](C)(C=O)NC(=O)c1nccc(OC)c1O)[C@H](C)Oc1ccccc1. The van der Waals surface area contributed by atoms with Gasteiger partial charge in [0, 0.05) is 12.3 Å². The molecule has 1 heterocycles. The average molecular weight is 459 g/mol. The smallest absolute Gasteiger partial charge is 0.274 e. The van der Waals surface area contributed by atoms with Crippen LogP contribution in [0, 0.1) is 0 Å². The Hall–Kier alpha value is -3.13. The van der Waals surface area contributed by atoms with E-state index in [0.29, 0.717) is 6.29 Å². The monoisotopic (exact) mass is 458 g/mol. The number of unbranched alkanes of at least 4 members (excludes halogenated alkanes) is 2. The summed E-state index contributed by atoms with van der Waals surface area (Å²) in [6.07, 6.45) is 5.25. The Kier molecular flexibility index (Phi) is 10.1. The summed E-state index contributed by atoms with van der Waals surface area (Å²) in [5.74, 6) is -0.253. The van der Waals surface area contributed by atoms with E-state index < -0.39 is 17.2 Å². The number of benzene rings is 1. The Morgan fingerprint density at radius 2 is 1.97 bits per heavy atom. The third-order valence-corrected chi connectivity index (χ3v) is 5.26. The van der Waals surface area contributed by atoms with Gasteiger partial charge in [0.2, 0.25) is 0 Å². The van der Waals surface area contributed by atoms with Gasteiger partial charge in [-0.05, 0) is 32.4 Å². The highest BCUT2D eigenvalue weighted by Gasteiger charge is 2.31. The normalized spacial score (nSPS) is 14.5. The number of aromatic hydroxyl groups is 1. The zero-order valence-corrected chi connectivity index (χ0v) is 19.7. The second kappa shape index (κ2) is 12.8. The van der Waals surface area contributed by atoms with E-state index in [0.717, 1.165) is 31.4 Å². The van der Waals surface area contributed by atoms with E-state index >= 15 is 0 Å². The predicted octanol–water partition coefficient (Wildman–Crippen LogP) is 3.92. The number of carbonyl (C=O) groups is 2. The maximum Gasteiger partial charge on any atom is 0.274 e. The molecular formula is C25H34N2O6. The summed E-state index contributed by atoms with van der Waals surface area (Å²) in [6.45, 7) is 5.55. The van der Waals surface area contributed by atoms with E-state index in [4.69, 9.17) is 14.2 Å². The van der Waals surface area contributed by atoms with Crippen LogP contribution >= 0.6 is 0 Å². The molecule has 0 fully saturated rings. The number of hydrogen-bond donors (Lipinski definition) is 2. The first-order valence-electron chi connectivity index (χ1n) is 11.2. The number of nitrogens with one attached hydrogen (secondary N) is 1. The Balaban J connectivity index is 2.08. The number of methoxy groups -OCH3 is 1. The van der Waals surface area contributed by atoms with Gasteiger partial charge in [0.05, 0.1) is 19.8 Å². The van der Waals surface area contributed by atoms with Crippen molar-refractivity contribution in [3.8, 4) is 17.2 Å². The van der Waals surface area contributed by atoms with Crippen molar-refractivity contribution in [2.45, 2.75) is 64.2 Å². The third kappa shape index (κ3) is 7.75. The Morgan fingerprint density at radius 3 is 2.61 bits per heavy atom. The molecular weight excluding hydrogens is 424 g/mol. The van der Waals surface area contributed by atoms with Gasteiger partial charge in [0.1, 0.15) is 23.7 Å². The van der Waals surface area contributed by atoms with E-state index in [1.54, 1.807) is 6.92 Å². The summed E-state index contributed by atoms with van der Waals surface area (Å²) in [5.41, 5.74) is -1.56. The highest BCUT2D eigenvalue weighted by molar-refractivity contribution is 5.97. The van der Waals surface area contributed by atoms with Crippen molar-refractivity contribution in [2.24, 2.45) is 0 Å². The zero-order valence-electron chi connectivity index (χ0n) is 19.7. The van der Waals surface area contributed by atoms with E-state index in [2.05, 4.69) is 17.2 Å². The quantitative estimate of drug-likeness (QED) is 0.326. The number of aromatic nitrogens is 1. The van der Waals surface area contributed by atoms with Crippen molar-refractivity contribution in [3.63, 3.8) is 0 Å². The van der Waals surface area contributed by atoms with Crippen molar-refractivity contribution in [2.75, 3.05) is 13.7 Å². The summed E-state index contributed by atoms with van der Waals surface area (Å²) in [7, 11) is 1.37. The number of pyridine rings is 1. The summed E-state index contributed by atoms with van der Waals surface area (Å²) < 4.78 is 17.2. The second-order valence-corrected chi connectivity index (χ2v) is 8.18. The maximum absolute atomic E-state index is 12.7. The molecule has 8 heteroatoms. The lowest BCUT2D eigenvalue weighted by atomic mass is 10.0. The van der Waals surface area contributed by atoms with Gasteiger partial charge in [-0.2, -0.15) is 0 Å². The molecule has 8 nitrogen and oxygen atoms in total. The molecule has 2 N–H and O–H groups in total. The topological polar surface area (TPSA) is 107 Å². The van der Waals surface area contributed by atoms with Gasteiger partial charge >= 0.3 is 0 Å². The molecule has 0 bridgehead atoms. The molecule has 1 aromatic carbocycles. The first-order chi connectivity index (χ1) is 15.8. The van der Waals surface area contributed by atoms with Gasteiger partial charge < -0.3 is 29.4 Å². The van der Waals surface area contributed by atoms with E-state index in [1.165, 1.54) is 19.4 Å². The molecule has 33 heavy (non-hydrogen) atoms. The molecule has 0 saturated carbocycles. The van der Waals surface area contributed by atoms with E-state index in [1.807, 2.05) is 37.3 Å². The summed E-state index contributed by atoms with van der Waals surface area (Å²) in [6, 6.07) is 10.9. The average Bonchev–Trinajstić information content (AvgIpc) is 2.82. The zero-order chi connectivity index (χ0) is 24.3. The molecule has 2 rings (SSSR count). The summed E-state index contributed by atoms with van der Waals surface area (Å²) >= 11 is 0. The van der Waals surface area contributed by atoms with Crippen LogP contribution in [-0.2, 0) is 9.53 Å². The molecule has 0 aliphatic rings. The first kappa shape index (κ1) is 26.1. The number of ether oxygens (including phenoxy) is 3. The van der Waals surface area contributed by atoms with Crippen LogP contribution in [0.3, 0.4) is 0 Å². The molecule has 0 saturated heterocycles. The van der Waals surface area contributed by atoms with Crippen molar-refractivity contribution >= 4 is 12.2 Å². The summed E-state index contributed by atoms with van der Waals surface area (Å²) in [4.78, 5) is 28.5. The van der Waals surface area contributed by atoms with Gasteiger partial charge in [-0.3, -0.25) is 4.79 Å². The Bertz CT molecular complexity index is 892. The maximum atomic E-state index is 12.7. The van der Waals surface area contributed by atoms with E-state index in [-0.39, 0.29) is 30.3 Å². The number of nitrogens with zero attached hydrogens (tertiary/aromatic N) is 1. The van der Waals surface area contributed by atoms with Gasteiger partial charge in [0.15, 0.2) is 17.2 Å². The van der Waals surface area contributed by atoms with Crippen LogP contribution in [0.2, 0.25) is 0 Å². The fourth-order valence-corrected chi connectivity index (χ4v) is 3.30. The Labute approximate surface area is 195 Å². The number of hydrogen-bond acceptors (Lipinski definition) is 7. The lowest BCUT2D eigenvalue weighted by Crippen LogP contribution is -2.52. The Morgan fingerprint density at radius 1 is 1.24 bits per heavy atom. The van der Waals surface area contributed by atoms with Crippen LogP contribution < -0.4 is 14.8 Å². The standard InChI is InChI=1S/C25H34N2O6/c1-5-6-8-13-20(18(2)33-19-11-9-7-10-12-19)32-17-25(3,16-28)27-24(30)22-23(29)21(31-4)14-15-26-22/h7,9-12,14-16,18,20,29H,5-6,8,13,17H2,1-4H3,(H,27,30)/t18-,20+,25+/m0/s1. The van der Waals surface area contributed by atoms with Gasteiger partial charge in [-0.15, -0.1) is 0 Å². The van der Waals surface area contributed by atoms with Crippen molar-refractivity contribution in [3.05, 3.63) is 48.3 Å². The largest absolute Gasteiger partial charge is 0.503 e. The highest BCUT2D eigenvalue weighted by atomic mass is 16.5. The molecule has 0 aliphatic carbocycles. The molecule has 180 valence electrons. The number of amides is 1. The molecule has 1 amide bonds. The lowest BCUT2D eigenvalue weighted by Gasteiger charge is -2.30. The van der Waals surface area contributed by atoms with Gasteiger partial charge in [-0.1, -0.05) is 44.4 Å². The van der Waals surface area contributed by atoms with Crippen LogP contribution in [0.4, 0.5) is 0 Å². The van der Waals surface area contributed by atoms with Gasteiger partial charge in [-0.25, -0.2) is 4.98 Å². The molecule has 0 spiro atoms. The molecule has 3 atom stereocenters. The van der Waals surface area contributed by atoms with Crippen molar-refractivity contribution < 1.29 is 28.9 Å². The molecule has 0 radical (unpaired) electrons. The van der Waals surface area contributed by atoms with Gasteiger partial charge in [0.25, 0.3) is 5.91 Å². The van der Waals surface area contributed by atoms with Crippen LogP contribution in [0.25, 0.3) is 0 Å². The molecule has 1 aromatic heterocycles. The lowest BCUT2D eigenvalue weighted by molar-refractivity contribution is -0.117. The second-order valence-electron chi connectivity index (χ2n) is 8.18. The number of aldehydes is 1. The minimum absolute atomic E-state index is 0.0632. The van der Waals surface area contributed by atoms with Crippen LogP contribution in [0.1, 0.15) is 56.9 Å². The van der Waals surface area contributed by atoms with Crippen LogP contribution in [0.5, 0.6) is 17.2 Å². The predicted molar refractivity (Wildman–Crippen MR) is 125 cm³/mol. The summed E-state index contributed by atoms with van der Waals surface area (Å²) in [5, 5.41) is 12.8. The highest BCUT2D eigenvalue weighted by Crippen LogP contribution is 2.28. The molecule has 0 aliphatic heterocycles. The van der Waals surface area contributed by atoms with Crippen LogP contribution in [0.15, 0.2) is 42.6 Å². The molecule has 0 unspecified atom stereocenters. The minimum Gasteiger partial charge on any atom is -0.503 e. The molecule has 2 aromatic rings. The van der Waals surface area contributed by atoms with Crippen molar-refractivity contribution in [1.29, 1.82) is 0 Å².